The van der Waals surface area contributed by atoms with Gasteiger partial charge in [-0.3, -0.25) is 4.79 Å². The number of halogens is 3. The highest BCUT2D eigenvalue weighted by Gasteiger charge is 2.21. The smallest absolute Gasteiger partial charge is 0.241 e. The number of hydrogen-bond acceptors (Lipinski definition) is 2. The molecule has 2 atom stereocenters. The SMILES string of the molecule is CC[C@H](C)[C@H](N)C(=O)Nc1c(F)cc(F)cc1Cl. The number of rotatable bonds is 4. The van der Waals surface area contributed by atoms with Gasteiger partial charge in [0.1, 0.15) is 5.82 Å². The maximum Gasteiger partial charge on any atom is 0.241 e. The first-order valence-corrected chi connectivity index (χ1v) is 5.95. The summed E-state index contributed by atoms with van der Waals surface area (Å²) in [5.41, 5.74) is 5.45. The largest absolute Gasteiger partial charge is 0.321 e. The average molecular weight is 277 g/mol. The molecule has 0 saturated heterocycles. The van der Waals surface area contributed by atoms with Gasteiger partial charge < -0.3 is 11.1 Å². The topological polar surface area (TPSA) is 55.1 Å². The monoisotopic (exact) mass is 276 g/mol. The molecular formula is C12H15ClF2N2O. The van der Waals surface area contributed by atoms with E-state index in [1.165, 1.54) is 0 Å². The van der Waals surface area contributed by atoms with Gasteiger partial charge in [-0.25, -0.2) is 8.78 Å². The molecule has 0 unspecified atom stereocenters. The van der Waals surface area contributed by atoms with Crippen LogP contribution >= 0.6 is 11.6 Å². The van der Waals surface area contributed by atoms with Crippen molar-refractivity contribution in [2.45, 2.75) is 26.3 Å². The Bertz CT molecular complexity index is 431. The van der Waals surface area contributed by atoms with Crippen molar-refractivity contribution in [1.29, 1.82) is 0 Å². The van der Waals surface area contributed by atoms with Crippen molar-refractivity contribution in [2.75, 3.05) is 5.32 Å². The molecule has 0 radical (unpaired) electrons. The Labute approximate surface area is 109 Å². The number of nitrogens with one attached hydrogen (secondary N) is 1. The van der Waals surface area contributed by atoms with Crippen LogP contribution < -0.4 is 11.1 Å². The number of hydrogen-bond donors (Lipinski definition) is 2. The average Bonchev–Trinajstić information content (AvgIpc) is 2.31. The van der Waals surface area contributed by atoms with E-state index in [1.807, 2.05) is 13.8 Å². The van der Waals surface area contributed by atoms with Gasteiger partial charge in [0.25, 0.3) is 0 Å². The molecule has 0 aromatic heterocycles. The Morgan fingerprint density at radius 2 is 2.11 bits per heavy atom. The second kappa shape index (κ2) is 6.11. The Morgan fingerprint density at radius 1 is 1.50 bits per heavy atom. The summed E-state index contributed by atoms with van der Waals surface area (Å²) in [4.78, 5) is 11.7. The Hall–Kier alpha value is -1.20. The van der Waals surface area contributed by atoms with E-state index in [0.29, 0.717) is 12.5 Å². The third-order valence-electron chi connectivity index (χ3n) is 2.81. The number of nitrogens with two attached hydrogens (primary N) is 1. The zero-order valence-electron chi connectivity index (χ0n) is 10.1. The van der Waals surface area contributed by atoms with Crippen molar-refractivity contribution < 1.29 is 13.6 Å². The minimum atomic E-state index is -0.926. The molecule has 1 aromatic rings. The molecule has 3 N–H and O–H groups in total. The Balaban J connectivity index is 2.89. The van der Waals surface area contributed by atoms with E-state index in [2.05, 4.69) is 5.32 Å². The van der Waals surface area contributed by atoms with Gasteiger partial charge in [0, 0.05) is 6.07 Å². The van der Waals surface area contributed by atoms with Crippen LogP contribution in [-0.2, 0) is 4.79 Å². The highest BCUT2D eigenvalue weighted by atomic mass is 35.5. The van der Waals surface area contributed by atoms with Crippen molar-refractivity contribution in [3.05, 3.63) is 28.8 Å². The fraction of sp³-hybridized carbons (Fsp3) is 0.417. The zero-order chi connectivity index (χ0) is 13.9. The van der Waals surface area contributed by atoms with E-state index in [1.54, 1.807) is 0 Å². The molecule has 1 aromatic carbocycles. The summed E-state index contributed by atoms with van der Waals surface area (Å²) in [7, 11) is 0. The summed E-state index contributed by atoms with van der Waals surface area (Å²) in [6, 6.07) is 0.807. The van der Waals surface area contributed by atoms with Gasteiger partial charge in [-0.05, 0) is 12.0 Å². The molecule has 18 heavy (non-hydrogen) atoms. The molecule has 3 nitrogen and oxygen atoms in total. The third kappa shape index (κ3) is 3.40. The van der Waals surface area contributed by atoms with Gasteiger partial charge in [-0.15, -0.1) is 0 Å². The number of anilines is 1. The first-order chi connectivity index (χ1) is 8.36. The molecule has 0 fully saturated rings. The van der Waals surface area contributed by atoms with Crippen molar-refractivity contribution >= 4 is 23.2 Å². The molecule has 1 rings (SSSR count). The van der Waals surface area contributed by atoms with Crippen LogP contribution in [0.4, 0.5) is 14.5 Å². The molecule has 100 valence electrons. The van der Waals surface area contributed by atoms with Crippen LogP contribution in [-0.4, -0.2) is 11.9 Å². The van der Waals surface area contributed by atoms with Crippen LogP contribution in [0.3, 0.4) is 0 Å². The minimum Gasteiger partial charge on any atom is -0.321 e. The Kier molecular flexibility index (Phi) is 5.04. The normalized spacial score (nSPS) is 14.1. The van der Waals surface area contributed by atoms with Gasteiger partial charge in [0.2, 0.25) is 5.91 Å². The Morgan fingerprint density at radius 3 is 2.61 bits per heavy atom. The molecule has 0 aliphatic carbocycles. The molecule has 0 bridgehead atoms. The standard InChI is InChI=1S/C12H15ClF2N2O/c1-3-6(2)10(16)12(18)17-11-8(13)4-7(14)5-9(11)15/h4-6,10H,3,16H2,1-2H3,(H,17,18)/t6-,10-/m0/s1. The van der Waals surface area contributed by atoms with Crippen LogP contribution in [0.15, 0.2) is 12.1 Å². The lowest BCUT2D eigenvalue weighted by atomic mass is 9.99. The predicted octanol–water partition coefficient (Wildman–Crippen LogP) is 2.93. The lowest BCUT2D eigenvalue weighted by molar-refractivity contribution is -0.118. The number of amides is 1. The quantitative estimate of drug-likeness (QED) is 0.888. The summed E-state index contributed by atoms with van der Waals surface area (Å²) in [6.07, 6.45) is 0.716. The van der Waals surface area contributed by atoms with Gasteiger partial charge in [-0.2, -0.15) is 0 Å². The molecule has 0 spiro atoms. The second-order valence-corrected chi connectivity index (χ2v) is 4.55. The van der Waals surface area contributed by atoms with Crippen LogP contribution in [0.1, 0.15) is 20.3 Å². The highest BCUT2D eigenvalue weighted by molar-refractivity contribution is 6.33. The van der Waals surface area contributed by atoms with Crippen LogP contribution in [0, 0.1) is 17.6 Å². The van der Waals surface area contributed by atoms with E-state index in [-0.39, 0.29) is 16.6 Å². The number of carbonyl (C=O) groups is 1. The zero-order valence-corrected chi connectivity index (χ0v) is 10.9. The predicted molar refractivity (Wildman–Crippen MR) is 67.4 cm³/mol. The summed E-state index contributed by atoms with van der Waals surface area (Å²) in [6.45, 7) is 3.70. The maximum atomic E-state index is 13.4. The lowest BCUT2D eigenvalue weighted by Crippen LogP contribution is -2.40. The van der Waals surface area contributed by atoms with Gasteiger partial charge in [0.15, 0.2) is 5.82 Å². The fourth-order valence-electron chi connectivity index (χ4n) is 1.38. The van der Waals surface area contributed by atoms with Gasteiger partial charge in [-0.1, -0.05) is 31.9 Å². The van der Waals surface area contributed by atoms with Crippen molar-refractivity contribution in [3.63, 3.8) is 0 Å². The van der Waals surface area contributed by atoms with E-state index in [9.17, 15) is 13.6 Å². The summed E-state index contributed by atoms with van der Waals surface area (Å²) in [5.74, 6) is -2.32. The molecule has 0 saturated carbocycles. The first-order valence-electron chi connectivity index (χ1n) is 5.57. The molecule has 6 heteroatoms. The van der Waals surface area contributed by atoms with E-state index in [0.717, 1.165) is 6.07 Å². The van der Waals surface area contributed by atoms with E-state index in [4.69, 9.17) is 17.3 Å². The van der Waals surface area contributed by atoms with Crippen molar-refractivity contribution in [1.82, 2.24) is 0 Å². The first kappa shape index (κ1) is 14.9. The van der Waals surface area contributed by atoms with Crippen molar-refractivity contribution in [3.8, 4) is 0 Å². The number of carbonyl (C=O) groups excluding carboxylic acids is 1. The number of benzene rings is 1. The van der Waals surface area contributed by atoms with Gasteiger partial charge in [0.05, 0.1) is 16.8 Å². The lowest BCUT2D eigenvalue weighted by Gasteiger charge is -2.18. The molecular weight excluding hydrogens is 262 g/mol. The molecule has 0 aliphatic heterocycles. The van der Waals surface area contributed by atoms with Crippen LogP contribution in [0.25, 0.3) is 0 Å². The second-order valence-electron chi connectivity index (χ2n) is 4.15. The van der Waals surface area contributed by atoms with E-state index >= 15 is 0 Å². The molecule has 1 amide bonds. The van der Waals surface area contributed by atoms with E-state index < -0.39 is 23.6 Å². The summed E-state index contributed by atoms with van der Waals surface area (Å²) in [5, 5.41) is 2.09. The van der Waals surface area contributed by atoms with Gasteiger partial charge >= 0.3 is 0 Å². The molecule has 0 aliphatic rings. The fourth-order valence-corrected chi connectivity index (χ4v) is 1.62. The summed E-state index contributed by atoms with van der Waals surface area (Å²) >= 11 is 5.66. The minimum absolute atomic E-state index is 0.0488. The van der Waals surface area contributed by atoms with Crippen LogP contribution in [0.5, 0.6) is 0 Å². The molecule has 0 heterocycles. The highest BCUT2D eigenvalue weighted by Crippen LogP contribution is 2.26. The van der Waals surface area contributed by atoms with Crippen molar-refractivity contribution in [2.24, 2.45) is 11.7 Å². The summed E-state index contributed by atoms with van der Waals surface area (Å²) < 4.78 is 26.3. The third-order valence-corrected chi connectivity index (χ3v) is 3.11. The van der Waals surface area contributed by atoms with Crippen LogP contribution in [0.2, 0.25) is 5.02 Å². The maximum absolute atomic E-state index is 13.4.